The topological polar surface area (TPSA) is 0 Å². The number of hydrogen-bond donors (Lipinski definition) is 0. The molecule has 1 aromatic heterocycles. The molecule has 0 amide bonds. The SMILES string of the molecule is BrCc1cc2ccsc2c2ccccc12. The summed E-state index contributed by atoms with van der Waals surface area (Å²) in [6, 6.07) is 13.1. The molecule has 0 aliphatic heterocycles. The number of rotatable bonds is 1. The minimum atomic E-state index is 0.916. The van der Waals surface area contributed by atoms with Crippen molar-refractivity contribution in [1.82, 2.24) is 0 Å². The van der Waals surface area contributed by atoms with E-state index in [-0.39, 0.29) is 0 Å². The second-order valence-corrected chi connectivity index (χ2v) is 5.03. The molecule has 0 spiro atoms. The average Bonchev–Trinajstić information content (AvgIpc) is 2.76. The van der Waals surface area contributed by atoms with Crippen LogP contribution >= 0.6 is 27.3 Å². The van der Waals surface area contributed by atoms with Crippen molar-refractivity contribution >= 4 is 48.1 Å². The maximum Gasteiger partial charge on any atom is 0.0421 e. The Morgan fingerprint density at radius 3 is 2.67 bits per heavy atom. The maximum absolute atomic E-state index is 3.56. The lowest BCUT2D eigenvalue weighted by Gasteiger charge is -2.04. The van der Waals surface area contributed by atoms with Crippen molar-refractivity contribution in [3.63, 3.8) is 0 Å². The largest absolute Gasteiger partial charge is 0.143 e. The first kappa shape index (κ1) is 9.37. The van der Waals surface area contributed by atoms with Crippen LogP contribution in [0.5, 0.6) is 0 Å². The third kappa shape index (κ3) is 1.40. The summed E-state index contributed by atoms with van der Waals surface area (Å²) in [5.41, 5.74) is 1.37. The summed E-state index contributed by atoms with van der Waals surface area (Å²) >= 11 is 5.38. The Hall–Kier alpha value is -0.860. The fraction of sp³-hybridized carbons (Fsp3) is 0.0769. The van der Waals surface area contributed by atoms with Gasteiger partial charge in [0.05, 0.1) is 0 Å². The van der Waals surface area contributed by atoms with Gasteiger partial charge < -0.3 is 0 Å². The van der Waals surface area contributed by atoms with E-state index < -0.39 is 0 Å². The fourth-order valence-corrected chi connectivity index (χ4v) is 3.37. The molecule has 0 aliphatic rings. The summed E-state index contributed by atoms with van der Waals surface area (Å²) in [6.45, 7) is 0. The van der Waals surface area contributed by atoms with Gasteiger partial charge in [-0.1, -0.05) is 40.2 Å². The molecule has 0 aliphatic carbocycles. The number of benzene rings is 2. The smallest absolute Gasteiger partial charge is 0.0421 e. The van der Waals surface area contributed by atoms with Crippen LogP contribution in [0.25, 0.3) is 20.9 Å². The zero-order valence-electron chi connectivity index (χ0n) is 8.03. The first-order valence-electron chi connectivity index (χ1n) is 4.84. The van der Waals surface area contributed by atoms with E-state index in [1.54, 1.807) is 0 Å². The highest BCUT2D eigenvalue weighted by atomic mass is 79.9. The standard InChI is InChI=1S/C13H9BrS/c14-8-10-7-9-5-6-15-13(9)12-4-2-1-3-11(10)12/h1-7H,8H2. The van der Waals surface area contributed by atoms with Gasteiger partial charge in [0.2, 0.25) is 0 Å². The molecule has 0 N–H and O–H groups in total. The lowest BCUT2D eigenvalue weighted by atomic mass is 10.0. The molecular weight excluding hydrogens is 268 g/mol. The second kappa shape index (κ2) is 3.62. The molecule has 0 bridgehead atoms. The van der Waals surface area contributed by atoms with Crippen molar-refractivity contribution in [2.24, 2.45) is 0 Å². The van der Waals surface area contributed by atoms with Gasteiger partial charge in [-0.15, -0.1) is 11.3 Å². The zero-order chi connectivity index (χ0) is 10.3. The van der Waals surface area contributed by atoms with Crippen LogP contribution in [0.2, 0.25) is 0 Å². The molecule has 0 atom stereocenters. The molecule has 15 heavy (non-hydrogen) atoms. The molecule has 0 nitrogen and oxygen atoms in total. The van der Waals surface area contributed by atoms with Gasteiger partial charge in [0, 0.05) is 10.0 Å². The van der Waals surface area contributed by atoms with Crippen LogP contribution in [-0.4, -0.2) is 0 Å². The monoisotopic (exact) mass is 276 g/mol. The fourth-order valence-electron chi connectivity index (χ4n) is 1.99. The summed E-state index contributed by atoms with van der Waals surface area (Å²) in [4.78, 5) is 0. The Bertz CT molecular complexity index is 625. The third-order valence-electron chi connectivity index (χ3n) is 2.69. The molecular formula is C13H9BrS. The molecule has 0 unspecified atom stereocenters. The number of alkyl halides is 1. The predicted octanol–water partition coefficient (Wildman–Crippen LogP) is 4.95. The summed E-state index contributed by atoms with van der Waals surface area (Å²) in [5.74, 6) is 0. The van der Waals surface area contributed by atoms with E-state index in [4.69, 9.17) is 0 Å². The van der Waals surface area contributed by atoms with E-state index in [9.17, 15) is 0 Å². The molecule has 3 rings (SSSR count). The van der Waals surface area contributed by atoms with Gasteiger partial charge in [-0.05, 0) is 39.2 Å². The van der Waals surface area contributed by atoms with Gasteiger partial charge in [0.25, 0.3) is 0 Å². The van der Waals surface area contributed by atoms with Crippen molar-refractivity contribution in [3.05, 3.63) is 47.3 Å². The highest BCUT2D eigenvalue weighted by Crippen LogP contribution is 2.33. The van der Waals surface area contributed by atoms with Gasteiger partial charge in [0.15, 0.2) is 0 Å². The highest BCUT2D eigenvalue weighted by Gasteiger charge is 2.05. The van der Waals surface area contributed by atoms with Crippen molar-refractivity contribution in [2.45, 2.75) is 5.33 Å². The van der Waals surface area contributed by atoms with E-state index >= 15 is 0 Å². The number of hydrogen-bond acceptors (Lipinski definition) is 1. The van der Waals surface area contributed by atoms with Crippen LogP contribution in [0.1, 0.15) is 5.56 Å². The molecule has 3 aromatic rings. The molecule has 1 heterocycles. The Kier molecular flexibility index (Phi) is 2.26. The van der Waals surface area contributed by atoms with Gasteiger partial charge in [0.1, 0.15) is 0 Å². The van der Waals surface area contributed by atoms with E-state index in [0.29, 0.717) is 0 Å². The summed E-state index contributed by atoms with van der Waals surface area (Å²) < 4.78 is 1.40. The normalized spacial score (nSPS) is 11.3. The van der Waals surface area contributed by atoms with Crippen molar-refractivity contribution < 1.29 is 0 Å². The first-order valence-corrected chi connectivity index (χ1v) is 6.84. The minimum Gasteiger partial charge on any atom is -0.143 e. The van der Waals surface area contributed by atoms with Crippen LogP contribution in [0.4, 0.5) is 0 Å². The Morgan fingerprint density at radius 2 is 1.87 bits per heavy atom. The van der Waals surface area contributed by atoms with Gasteiger partial charge in [-0.3, -0.25) is 0 Å². The lowest BCUT2D eigenvalue weighted by molar-refractivity contribution is 1.52. The Morgan fingerprint density at radius 1 is 1.07 bits per heavy atom. The Balaban J connectivity index is 2.58. The van der Waals surface area contributed by atoms with E-state index in [2.05, 4.69) is 57.7 Å². The summed E-state index contributed by atoms with van der Waals surface area (Å²) in [5, 5.41) is 7.17. The number of halogens is 1. The number of thiophene rings is 1. The molecule has 0 saturated carbocycles. The Labute approximate surface area is 101 Å². The van der Waals surface area contributed by atoms with Crippen molar-refractivity contribution in [2.75, 3.05) is 0 Å². The third-order valence-corrected chi connectivity index (χ3v) is 4.25. The van der Waals surface area contributed by atoms with Crippen LogP contribution in [0.3, 0.4) is 0 Å². The molecule has 74 valence electrons. The molecule has 0 radical (unpaired) electrons. The molecule has 2 heteroatoms. The van der Waals surface area contributed by atoms with Crippen LogP contribution in [0.15, 0.2) is 41.8 Å². The molecule has 0 saturated heterocycles. The van der Waals surface area contributed by atoms with Crippen LogP contribution in [0, 0.1) is 0 Å². The average molecular weight is 277 g/mol. The minimum absolute atomic E-state index is 0.916. The van der Waals surface area contributed by atoms with E-state index in [1.807, 2.05) is 11.3 Å². The highest BCUT2D eigenvalue weighted by molar-refractivity contribution is 9.08. The van der Waals surface area contributed by atoms with Crippen LogP contribution < -0.4 is 0 Å². The predicted molar refractivity (Wildman–Crippen MR) is 72.0 cm³/mol. The second-order valence-electron chi connectivity index (χ2n) is 3.55. The van der Waals surface area contributed by atoms with Gasteiger partial charge in [-0.25, -0.2) is 0 Å². The summed E-state index contributed by atoms with van der Waals surface area (Å²) in [6.07, 6.45) is 0. The number of fused-ring (bicyclic) bond motifs is 3. The molecule has 0 fully saturated rings. The van der Waals surface area contributed by atoms with E-state index in [1.165, 1.54) is 26.4 Å². The van der Waals surface area contributed by atoms with E-state index in [0.717, 1.165) is 5.33 Å². The lowest BCUT2D eigenvalue weighted by Crippen LogP contribution is -1.81. The zero-order valence-corrected chi connectivity index (χ0v) is 10.4. The summed E-state index contributed by atoms with van der Waals surface area (Å²) in [7, 11) is 0. The quantitative estimate of drug-likeness (QED) is 0.552. The van der Waals surface area contributed by atoms with Crippen LogP contribution in [-0.2, 0) is 5.33 Å². The van der Waals surface area contributed by atoms with Gasteiger partial charge in [-0.2, -0.15) is 0 Å². The first-order chi connectivity index (χ1) is 7.40. The maximum atomic E-state index is 3.56. The van der Waals surface area contributed by atoms with Crippen molar-refractivity contribution in [1.29, 1.82) is 0 Å². The van der Waals surface area contributed by atoms with Gasteiger partial charge >= 0.3 is 0 Å². The van der Waals surface area contributed by atoms with Crippen molar-refractivity contribution in [3.8, 4) is 0 Å². The molecule has 2 aromatic carbocycles.